The minimum atomic E-state index is -3.86. The Kier molecular flexibility index (Phi) is 2.99. The van der Waals surface area contributed by atoms with Crippen LogP contribution in [0.5, 0.6) is 0 Å². The summed E-state index contributed by atoms with van der Waals surface area (Å²) < 4.78 is 38.4. The summed E-state index contributed by atoms with van der Waals surface area (Å²) in [6.45, 7) is 3.93. The van der Waals surface area contributed by atoms with Gasteiger partial charge in [-0.25, -0.2) is 12.8 Å². The lowest BCUT2D eigenvalue weighted by atomic mass is 9.96. The monoisotopic (exact) mass is 304 g/mol. The Morgan fingerprint density at radius 3 is 2.33 bits per heavy atom. The molecule has 3 nitrogen and oxygen atoms in total. The number of sulfone groups is 1. The van der Waals surface area contributed by atoms with E-state index in [9.17, 15) is 17.6 Å². The maximum absolute atomic E-state index is 13.3. The van der Waals surface area contributed by atoms with Gasteiger partial charge < -0.3 is 0 Å². The van der Waals surface area contributed by atoms with Crippen molar-refractivity contribution in [3.8, 4) is 0 Å². The molecule has 2 aromatic carbocycles. The highest BCUT2D eigenvalue weighted by Gasteiger charge is 2.35. The zero-order valence-electron chi connectivity index (χ0n) is 11.6. The van der Waals surface area contributed by atoms with Crippen LogP contribution in [0.1, 0.15) is 41.3 Å². The molecule has 0 aliphatic carbocycles. The van der Waals surface area contributed by atoms with Gasteiger partial charge in [0.15, 0.2) is 5.78 Å². The third-order valence-electron chi connectivity index (χ3n) is 3.68. The van der Waals surface area contributed by atoms with Gasteiger partial charge in [-0.2, -0.15) is 0 Å². The number of carbonyl (C=O) groups is 1. The largest absolute Gasteiger partial charge is 0.289 e. The molecule has 1 aliphatic heterocycles. The minimum absolute atomic E-state index is 0.0322. The fourth-order valence-electron chi connectivity index (χ4n) is 2.49. The van der Waals surface area contributed by atoms with E-state index in [4.69, 9.17) is 0 Å². The van der Waals surface area contributed by atoms with E-state index in [1.165, 1.54) is 12.1 Å². The first-order chi connectivity index (χ1) is 9.82. The van der Waals surface area contributed by atoms with Crippen LogP contribution >= 0.6 is 0 Å². The first-order valence-electron chi connectivity index (χ1n) is 6.55. The average Bonchev–Trinajstić information content (AvgIpc) is 2.44. The van der Waals surface area contributed by atoms with Crippen molar-refractivity contribution in [1.82, 2.24) is 0 Å². The summed E-state index contributed by atoms with van der Waals surface area (Å²) in [7, 11) is -3.86. The first kappa shape index (κ1) is 13.9. The smallest absolute Gasteiger partial charge is 0.208 e. The third-order valence-corrected chi connectivity index (χ3v) is 5.53. The van der Waals surface area contributed by atoms with Crippen LogP contribution in [-0.2, 0) is 9.84 Å². The van der Waals surface area contributed by atoms with Crippen molar-refractivity contribution in [3.63, 3.8) is 0 Å². The fraction of sp³-hybridized carbons (Fsp3) is 0.188. The molecule has 21 heavy (non-hydrogen) atoms. The Morgan fingerprint density at radius 1 is 0.952 bits per heavy atom. The van der Waals surface area contributed by atoms with Gasteiger partial charge in [0, 0.05) is 11.1 Å². The van der Waals surface area contributed by atoms with Crippen LogP contribution in [0.2, 0.25) is 0 Å². The number of rotatable bonds is 1. The summed E-state index contributed by atoms with van der Waals surface area (Å²) >= 11 is 0. The highest BCUT2D eigenvalue weighted by atomic mass is 32.2. The predicted molar refractivity (Wildman–Crippen MR) is 75.8 cm³/mol. The van der Waals surface area contributed by atoms with Crippen LogP contribution in [0, 0.1) is 5.82 Å². The van der Waals surface area contributed by atoms with Crippen LogP contribution in [0.25, 0.3) is 0 Å². The molecule has 0 unspecified atom stereocenters. The second kappa shape index (κ2) is 4.49. The van der Waals surface area contributed by atoms with Gasteiger partial charge in [-0.15, -0.1) is 0 Å². The highest BCUT2D eigenvalue weighted by Crippen LogP contribution is 2.36. The molecule has 0 spiro atoms. The van der Waals surface area contributed by atoms with Crippen molar-refractivity contribution < 1.29 is 17.6 Å². The van der Waals surface area contributed by atoms with Gasteiger partial charge in [0.2, 0.25) is 9.84 Å². The highest BCUT2D eigenvalue weighted by molar-refractivity contribution is 7.91. The van der Waals surface area contributed by atoms with Crippen molar-refractivity contribution >= 4 is 15.6 Å². The molecule has 5 heteroatoms. The molecule has 1 heterocycles. The van der Waals surface area contributed by atoms with Gasteiger partial charge in [0.25, 0.3) is 0 Å². The first-order valence-corrected chi connectivity index (χ1v) is 8.04. The maximum Gasteiger partial charge on any atom is 0.208 e. The lowest BCUT2D eigenvalue weighted by molar-refractivity contribution is 0.103. The van der Waals surface area contributed by atoms with E-state index in [0.717, 1.165) is 17.7 Å². The van der Waals surface area contributed by atoms with Crippen LogP contribution in [-0.4, -0.2) is 14.2 Å². The quantitative estimate of drug-likeness (QED) is 0.693. The summed E-state index contributed by atoms with van der Waals surface area (Å²) in [5.74, 6) is -0.870. The van der Waals surface area contributed by atoms with E-state index in [1.54, 1.807) is 12.1 Å². The molecule has 0 saturated heterocycles. The van der Waals surface area contributed by atoms with Gasteiger partial charge in [-0.1, -0.05) is 19.9 Å². The molecule has 2 aromatic rings. The predicted octanol–water partition coefficient (Wildman–Crippen LogP) is 3.33. The SMILES string of the molecule is CC(C)c1ccc2c(c1)C(=O)c1ccc(F)cc1S2(=O)=O. The molecule has 0 atom stereocenters. The van der Waals surface area contributed by atoms with Crippen LogP contribution in [0.4, 0.5) is 4.39 Å². The molecule has 0 N–H and O–H groups in total. The number of hydrogen-bond donors (Lipinski definition) is 0. The zero-order valence-corrected chi connectivity index (χ0v) is 12.4. The van der Waals surface area contributed by atoms with Gasteiger partial charge in [0.05, 0.1) is 9.79 Å². The van der Waals surface area contributed by atoms with Crippen molar-refractivity contribution in [1.29, 1.82) is 0 Å². The number of benzene rings is 2. The fourth-order valence-corrected chi connectivity index (χ4v) is 4.13. The number of fused-ring (bicyclic) bond motifs is 2. The molecule has 1 aliphatic rings. The minimum Gasteiger partial charge on any atom is -0.289 e. The molecule has 3 rings (SSSR count). The number of hydrogen-bond acceptors (Lipinski definition) is 3. The molecule has 0 bridgehead atoms. The number of ketones is 1. The van der Waals surface area contributed by atoms with Crippen molar-refractivity contribution in [3.05, 3.63) is 58.9 Å². The molecule has 0 saturated carbocycles. The summed E-state index contributed by atoms with van der Waals surface area (Å²) in [6, 6.07) is 7.98. The topological polar surface area (TPSA) is 51.2 Å². The molecule has 0 amide bonds. The number of carbonyl (C=O) groups excluding carboxylic acids is 1. The Labute approximate surface area is 122 Å². The van der Waals surface area contributed by atoms with Crippen LogP contribution < -0.4 is 0 Å². The van der Waals surface area contributed by atoms with E-state index in [-0.39, 0.29) is 32.6 Å². The van der Waals surface area contributed by atoms with Crippen molar-refractivity contribution in [2.24, 2.45) is 0 Å². The van der Waals surface area contributed by atoms with Crippen LogP contribution in [0.3, 0.4) is 0 Å². The van der Waals surface area contributed by atoms with E-state index in [1.807, 2.05) is 13.8 Å². The molecular weight excluding hydrogens is 291 g/mol. The van der Waals surface area contributed by atoms with Gasteiger partial charge in [-0.3, -0.25) is 4.79 Å². The van der Waals surface area contributed by atoms with Gasteiger partial charge in [-0.05, 0) is 41.8 Å². The van der Waals surface area contributed by atoms with Gasteiger partial charge >= 0.3 is 0 Å². The second-order valence-electron chi connectivity index (χ2n) is 5.38. The average molecular weight is 304 g/mol. The summed E-state index contributed by atoms with van der Waals surface area (Å²) in [4.78, 5) is 12.2. The summed E-state index contributed by atoms with van der Waals surface area (Å²) in [5, 5.41) is 0. The molecule has 0 fully saturated rings. The Bertz CT molecular complexity index is 867. The van der Waals surface area contributed by atoms with Crippen molar-refractivity contribution in [2.75, 3.05) is 0 Å². The van der Waals surface area contributed by atoms with E-state index in [0.29, 0.717) is 0 Å². The van der Waals surface area contributed by atoms with E-state index >= 15 is 0 Å². The molecule has 0 aromatic heterocycles. The molecule has 108 valence electrons. The summed E-state index contributed by atoms with van der Waals surface area (Å²) in [5.41, 5.74) is 1.09. The Balaban J connectivity index is 2.34. The lowest BCUT2D eigenvalue weighted by Crippen LogP contribution is -2.20. The van der Waals surface area contributed by atoms with E-state index < -0.39 is 15.7 Å². The van der Waals surface area contributed by atoms with Crippen molar-refractivity contribution in [2.45, 2.75) is 29.6 Å². The summed E-state index contributed by atoms with van der Waals surface area (Å²) in [6.07, 6.45) is 0. The third kappa shape index (κ3) is 2.00. The lowest BCUT2D eigenvalue weighted by Gasteiger charge is -2.20. The van der Waals surface area contributed by atoms with Crippen LogP contribution in [0.15, 0.2) is 46.2 Å². The second-order valence-corrected chi connectivity index (χ2v) is 7.27. The molecule has 0 radical (unpaired) electrons. The molecular formula is C16H13FO3S. The standard InChI is InChI=1S/C16H13FO3S/c1-9(2)10-3-6-14-13(7-10)16(18)12-5-4-11(17)8-15(12)21(14,19)20/h3-9H,1-2H3. The maximum atomic E-state index is 13.3. The zero-order chi connectivity index (χ0) is 15.4. The van der Waals surface area contributed by atoms with E-state index in [2.05, 4.69) is 0 Å². The Hall–Kier alpha value is -2.01. The number of halogens is 1. The van der Waals surface area contributed by atoms with Gasteiger partial charge in [0.1, 0.15) is 5.82 Å². The normalized spacial score (nSPS) is 15.7. The Morgan fingerprint density at radius 2 is 1.67 bits per heavy atom.